The molecule has 0 aromatic carbocycles. The topological polar surface area (TPSA) is 70.7 Å². The molecule has 2 aromatic heterocycles. The first kappa shape index (κ1) is 21.8. The average molecular weight is 439 g/mol. The van der Waals surface area contributed by atoms with Gasteiger partial charge in [-0.15, -0.1) is 11.3 Å². The highest BCUT2D eigenvalue weighted by atomic mass is 32.1. The molecule has 2 heterocycles. The van der Waals surface area contributed by atoms with E-state index in [0.717, 1.165) is 55.8 Å². The fraction of sp³-hybridized carbons (Fsp3) is 0.560. The number of nitriles is 1. The van der Waals surface area contributed by atoms with Crippen LogP contribution in [0.15, 0.2) is 5.38 Å². The van der Waals surface area contributed by atoms with Crippen molar-refractivity contribution in [3.8, 4) is 6.07 Å². The fourth-order valence-corrected chi connectivity index (χ4v) is 5.54. The molecule has 1 unspecified atom stereocenters. The van der Waals surface area contributed by atoms with E-state index in [1.54, 1.807) is 11.3 Å². The zero-order valence-corrected chi connectivity index (χ0v) is 19.6. The van der Waals surface area contributed by atoms with Crippen molar-refractivity contribution in [2.45, 2.75) is 78.3 Å². The highest BCUT2D eigenvalue weighted by Gasteiger charge is 2.23. The van der Waals surface area contributed by atoms with Crippen molar-refractivity contribution in [2.24, 2.45) is 11.8 Å². The summed E-state index contributed by atoms with van der Waals surface area (Å²) in [6.07, 6.45) is 10.8. The van der Waals surface area contributed by atoms with Crippen molar-refractivity contribution in [1.82, 2.24) is 14.9 Å². The van der Waals surface area contributed by atoms with Crippen LogP contribution in [0.2, 0.25) is 0 Å². The first-order chi connectivity index (χ1) is 14.9. The summed E-state index contributed by atoms with van der Waals surface area (Å²) in [5.41, 5.74) is 3.87. The molecule has 166 valence electrons. The third-order valence-electron chi connectivity index (χ3n) is 6.32. The number of nitrogens with one attached hydrogen (secondary N) is 1. The summed E-state index contributed by atoms with van der Waals surface area (Å²) in [5.74, 6) is 0.513. The molecule has 0 spiro atoms. The minimum absolute atomic E-state index is 0. The van der Waals surface area contributed by atoms with Crippen LogP contribution >= 0.6 is 11.3 Å². The third kappa shape index (κ3) is 4.93. The fourth-order valence-electron chi connectivity index (χ4n) is 4.94. The van der Waals surface area contributed by atoms with Crippen LogP contribution in [-0.4, -0.2) is 21.5 Å². The number of nitrogens with zero attached hydrogens (tertiary/aromatic N) is 3. The highest BCUT2D eigenvalue weighted by molar-refractivity contribution is 7.09. The van der Waals surface area contributed by atoms with Crippen molar-refractivity contribution < 1.29 is 6.22 Å². The number of thiazole rings is 1. The van der Waals surface area contributed by atoms with E-state index >= 15 is 0 Å². The molecule has 4 rings (SSSR count). The molecule has 1 N–H and O–H groups in total. The summed E-state index contributed by atoms with van der Waals surface area (Å²) in [6, 6.07) is 2.67. The second-order valence-electron chi connectivity index (χ2n) is 9.30. The summed E-state index contributed by atoms with van der Waals surface area (Å²) in [6.45, 7) is 6.99. The molecule has 0 radical (unpaired) electrons. The minimum Gasteiger partial charge on any atom is -0.353 e. The van der Waals surface area contributed by atoms with E-state index in [-0.39, 0.29) is 19.3 Å². The Bertz CT molecular complexity index is 1120. The number of aryl methyl sites for hydroxylation is 1. The van der Waals surface area contributed by atoms with Crippen molar-refractivity contribution in [3.05, 3.63) is 37.9 Å². The van der Waals surface area contributed by atoms with E-state index in [9.17, 15) is 10.1 Å². The van der Waals surface area contributed by atoms with Crippen LogP contribution in [0, 0.1) is 30.1 Å². The van der Waals surface area contributed by atoms with Crippen LogP contribution in [-0.2, 0) is 24.2 Å². The molecule has 1 amide bonds. The van der Waals surface area contributed by atoms with Gasteiger partial charge in [-0.2, -0.15) is 5.26 Å². The highest BCUT2D eigenvalue weighted by Crippen LogP contribution is 2.21. The lowest BCUT2D eigenvalue weighted by atomic mass is 9.92. The average Bonchev–Trinajstić information content (AvgIpc) is 3.24. The number of aromatic nitrogens is 2. The van der Waals surface area contributed by atoms with E-state index in [1.165, 1.54) is 21.8 Å². The normalized spacial score (nSPS) is 20.5. The number of rotatable bonds is 5. The molecule has 0 fully saturated rings. The lowest BCUT2D eigenvalue weighted by molar-refractivity contribution is -0.122. The Hall–Kier alpha value is -2.39. The van der Waals surface area contributed by atoms with Gasteiger partial charge < -0.3 is 9.88 Å². The quantitative estimate of drug-likeness (QED) is 0.777. The second kappa shape index (κ2) is 9.40. The number of carbonyl (C=O) groups excluding carboxylic acids is 1. The van der Waals surface area contributed by atoms with E-state index in [4.69, 9.17) is 4.98 Å². The van der Waals surface area contributed by atoms with Crippen LogP contribution in [0.25, 0.3) is 12.2 Å². The molecule has 0 bridgehead atoms. The molecule has 2 aromatic rings. The van der Waals surface area contributed by atoms with E-state index in [2.05, 4.69) is 47.3 Å². The monoisotopic (exact) mass is 438 g/mol. The molecule has 0 aliphatic heterocycles. The molecule has 6 heteroatoms. The maximum absolute atomic E-state index is 12.3. The van der Waals surface area contributed by atoms with Crippen molar-refractivity contribution in [1.29, 1.82) is 5.26 Å². The van der Waals surface area contributed by atoms with Crippen LogP contribution < -0.4 is 15.9 Å². The summed E-state index contributed by atoms with van der Waals surface area (Å²) in [5, 5.41) is 18.5. The molecule has 31 heavy (non-hydrogen) atoms. The van der Waals surface area contributed by atoms with Gasteiger partial charge in [-0.1, -0.05) is 26.0 Å². The van der Waals surface area contributed by atoms with Crippen LogP contribution in [0.5, 0.6) is 0 Å². The first-order valence-corrected chi connectivity index (χ1v) is 12.3. The van der Waals surface area contributed by atoms with Crippen LogP contribution in [0.3, 0.4) is 0 Å². The molecule has 0 saturated heterocycles. The van der Waals surface area contributed by atoms with Crippen molar-refractivity contribution >= 4 is 29.4 Å². The number of fused-ring (bicyclic) bond motifs is 3. The maximum Gasteiger partial charge on any atom is 0.220 e. The SMILES string of the molecule is Cc1nc(Cn2c3c(c4c2=CCC(C#N)C=4)CCC[C@@H](NC(=O)CC(C)C)CC3)cs1.[HH]. The number of amides is 1. The van der Waals surface area contributed by atoms with Gasteiger partial charge in [0.25, 0.3) is 0 Å². The Labute approximate surface area is 190 Å². The zero-order chi connectivity index (χ0) is 22.0. The summed E-state index contributed by atoms with van der Waals surface area (Å²) >= 11 is 1.69. The van der Waals surface area contributed by atoms with Crippen LogP contribution in [0.1, 0.15) is 69.3 Å². The minimum atomic E-state index is -0.0394. The van der Waals surface area contributed by atoms with Gasteiger partial charge in [0, 0.05) is 35.5 Å². The lowest BCUT2D eigenvalue weighted by Gasteiger charge is -2.23. The second-order valence-corrected chi connectivity index (χ2v) is 10.4. The predicted molar refractivity (Wildman–Crippen MR) is 127 cm³/mol. The van der Waals surface area contributed by atoms with E-state index in [1.807, 2.05) is 6.92 Å². The number of carbonyl (C=O) groups is 1. The van der Waals surface area contributed by atoms with Gasteiger partial charge in [0.05, 0.1) is 29.2 Å². The van der Waals surface area contributed by atoms with Gasteiger partial charge in [-0.05, 0) is 56.9 Å². The molecule has 5 nitrogen and oxygen atoms in total. The molecule has 0 saturated carbocycles. The van der Waals surface area contributed by atoms with E-state index < -0.39 is 0 Å². The number of hydrogen-bond donors (Lipinski definition) is 1. The van der Waals surface area contributed by atoms with E-state index in [0.29, 0.717) is 12.3 Å². The molecular weight excluding hydrogens is 404 g/mol. The molecule has 2 aliphatic rings. The largest absolute Gasteiger partial charge is 0.353 e. The Kier molecular flexibility index (Phi) is 6.62. The molecular formula is C25H34N4OS. The summed E-state index contributed by atoms with van der Waals surface area (Å²) < 4.78 is 2.43. The zero-order valence-electron chi connectivity index (χ0n) is 18.8. The first-order valence-electron chi connectivity index (χ1n) is 11.5. The maximum atomic E-state index is 12.3. The Morgan fingerprint density at radius 2 is 2.26 bits per heavy atom. The summed E-state index contributed by atoms with van der Waals surface area (Å²) in [4.78, 5) is 17.0. The Morgan fingerprint density at radius 3 is 2.97 bits per heavy atom. The predicted octanol–water partition coefficient (Wildman–Crippen LogP) is 3.45. The Balaban J connectivity index is 0.00000289. The smallest absolute Gasteiger partial charge is 0.220 e. The van der Waals surface area contributed by atoms with Gasteiger partial charge in [-0.25, -0.2) is 4.98 Å². The van der Waals surface area contributed by atoms with Crippen molar-refractivity contribution in [3.63, 3.8) is 0 Å². The van der Waals surface area contributed by atoms with Gasteiger partial charge in [0.1, 0.15) is 0 Å². The Morgan fingerprint density at radius 1 is 1.42 bits per heavy atom. The van der Waals surface area contributed by atoms with Gasteiger partial charge in [0.15, 0.2) is 0 Å². The standard InChI is InChI=1S/C25H32N4OS.H2/c1-16(2)11-25(30)28-19-5-4-6-21-22-12-18(13-26)7-9-24(22)29(23(21)10-8-19)14-20-15-31-17(3)27-20;/h9,12,15-16,18-19H,4-8,10-11,14H2,1-3H3,(H,28,30);1H/t18?,19-;/m1./s1. The van der Waals surface area contributed by atoms with Crippen molar-refractivity contribution in [2.75, 3.05) is 0 Å². The van der Waals surface area contributed by atoms with Gasteiger partial charge >= 0.3 is 0 Å². The lowest BCUT2D eigenvalue weighted by Crippen LogP contribution is -2.36. The third-order valence-corrected chi connectivity index (χ3v) is 7.14. The number of hydrogen-bond acceptors (Lipinski definition) is 4. The van der Waals surface area contributed by atoms with Gasteiger partial charge in [0.2, 0.25) is 5.91 Å². The van der Waals surface area contributed by atoms with Gasteiger partial charge in [-0.3, -0.25) is 4.79 Å². The molecule has 2 atom stereocenters. The van der Waals surface area contributed by atoms with Crippen LogP contribution in [0.4, 0.5) is 0 Å². The summed E-state index contributed by atoms with van der Waals surface area (Å²) in [7, 11) is 0. The molecule has 2 aliphatic carbocycles.